The van der Waals surface area contributed by atoms with Crippen molar-refractivity contribution < 1.29 is 4.79 Å². The minimum atomic E-state index is 0.124. The summed E-state index contributed by atoms with van der Waals surface area (Å²) in [4.78, 5) is 13.6. The van der Waals surface area contributed by atoms with E-state index in [1.54, 1.807) is 22.7 Å². The van der Waals surface area contributed by atoms with Gasteiger partial charge < -0.3 is 0 Å². The van der Waals surface area contributed by atoms with Gasteiger partial charge in [0.2, 0.25) is 5.78 Å². The molecule has 1 nitrogen and oxygen atoms in total. The molecule has 4 aromatic rings. The Bertz CT molecular complexity index is 897. The van der Waals surface area contributed by atoms with Crippen molar-refractivity contribution in [2.24, 2.45) is 0 Å². The number of carbonyl (C=O) groups is 1. The molecule has 2 aromatic heterocycles. The summed E-state index contributed by atoms with van der Waals surface area (Å²) in [6.45, 7) is 0. The van der Waals surface area contributed by atoms with Crippen LogP contribution in [0.25, 0.3) is 20.2 Å². The first-order chi connectivity index (χ1) is 9.83. The van der Waals surface area contributed by atoms with Gasteiger partial charge in [-0.05, 0) is 40.4 Å². The van der Waals surface area contributed by atoms with E-state index in [4.69, 9.17) is 0 Å². The Morgan fingerprint density at radius 3 is 2.65 bits per heavy atom. The fourth-order valence-electron chi connectivity index (χ4n) is 2.40. The normalized spacial score (nSPS) is 11.2. The van der Waals surface area contributed by atoms with Crippen LogP contribution in [0.2, 0.25) is 0 Å². The molecule has 0 aliphatic heterocycles. The van der Waals surface area contributed by atoms with Crippen LogP contribution in [0, 0.1) is 0 Å². The summed E-state index contributed by atoms with van der Waals surface area (Å²) in [5.41, 5.74) is 0.809. The standard InChI is InChI=1S/C17H10OS2/c18-16(13-6-3-5-11-8-9-19-17(11)13)15-10-12-4-1-2-7-14(12)20-15/h1-10H. The number of hydrogen-bond acceptors (Lipinski definition) is 3. The predicted octanol–water partition coefficient (Wildman–Crippen LogP) is 5.35. The zero-order chi connectivity index (χ0) is 13.5. The summed E-state index contributed by atoms with van der Waals surface area (Å²) in [7, 11) is 0. The van der Waals surface area contributed by atoms with E-state index in [0.717, 1.165) is 30.6 Å². The van der Waals surface area contributed by atoms with Gasteiger partial charge in [0.05, 0.1) is 4.88 Å². The molecule has 4 rings (SSSR count). The average molecular weight is 294 g/mol. The van der Waals surface area contributed by atoms with Crippen molar-refractivity contribution in [1.29, 1.82) is 0 Å². The van der Waals surface area contributed by atoms with Gasteiger partial charge in [0.25, 0.3) is 0 Å². The molecule has 0 N–H and O–H groups in total. The molecule has 0 fully saturated rings. The third kappa shape index (κ3) is 1.79. The van der Waals surface area contributed by atoms with Crippen LogP contribution in [0.5, 0.6) is 0 Å². The topological polar surface area (TPSA) is 17.1 Å². The lowest BCUT2D eigenvalue weighted by Gasteiger charge is -1.99. The van der Waals surface area contributed by atoms with Crippen molar-refractivity contribution in [3.05, 3.63) is 70.4 Å². The van der Waals surface area contributed by atoms with Gasteiger partial charge in [-0.1, -0.05) is 30.3 Å². The van der Waals surface area contributed by atoms with Crippen LogP contribution in [0.15, 0.2) is 60.0 Å². The van der Waals surface area contributed by atoms with Gasteiger partial charge in [0.1, 0.15) is 0 Å². The highest BCUT2D eigenvalue weighted by Gasteiger charge is 2.15. The van der Waals surface area contributed by atoms with E-state index in [1.165, 1.54) is 0 Å². The average Bonchev–Trinajstić information content (AvgIpc) is 3.12. The first-order valence-corrected chi connectivity index (χ1v) is 8.02. The van der Waals surface area contributed by atoms with Crippen molar-refractivity contribution in [3.63, 3.8) is 0 Å². The number of thiophene rings is 2. The van der Waals surface area contributed by atoms with Crippen LogP contribution in [-0.2, 0) is 0 Å². The van der Waals surface area contributed by atoms with Crippen molar-refractivity contribution in [1.82, 2.24) is 0 Å². The molecule has 0 spiro atoms. The van der Waals surface area contributed by atoms with Crippen LogP contribution < -0.4 is 0 Å². The molecule has 0 amide bonds. The lowest BCUT2D eigenvalue weighted by atomic mass is 10.1. The van der Waals surface area contributed by atoms with E-state index in [0.29, 0.717) is 0 Å². The summed E-state index contributed by atoms with van der Waals surface area (Å²) < 4.78 is 2.24. The van der Waals surface area contributed by atoms with Gasteiger partial charge in [0.15, 0.2) is 0 Å². The molecular formula is C17H10OS2. The van der Waals surface area contributed by atoms with Gasteiger partial charge in [-0.2, -0.15) is 0 Å². The molecule has 0 aliphatic rings. The molecule has 0 aliphatic carbocycles. The minimum Gasteiger partial charge on any atom is -0.288 e. The molecule has 20 heavy (non-hydrogen) atoms. The van der Waals surface area contributed by atoms with Crippen molar-refractivity contribution in [3.8, 4) is 0 Å². The number of hydrogen-bond donors (Lipinski definition) is 0. The molecule has 0 bridgehead atoms. The van der Waals surface area contributed by atoms with E-state index in [2.05, 4.69) is 12.1 Å². The van der Waals surface area contributed by atoms with Gasteiger partial charge in [0, 0.05) is 15.0 Å². The second kappa shape index (κ2) is 4.54. The lowest BCUT2D eigenvalue weighted by Crippen LogP contribution is -1.98. The molecule has 96 valence electrons. The number of carbonyl (C=O) groups excluding carboxylic acids is 1. The minimum absolute atomic E-state index is 0.124. The highest BCUT2D eigenvalue weighted by Crippen LogP contribution is 2.31. The van der Waals surface area contributed by atoms with E-state index in [9.17, 15) is 4.79 Å². The second-order valence-electron chi connectivity index (χ2n) is 4.62. The molecule has 0 saturated carbocycles. The van der Waals surface area contributed by atoms with E-state index >= 15 is 0 Å². The maximum absolute atomic E-state index is 12.7. The number of rotatable bonds is 2. The molecule has 0 radical (unpaired) electrons. The number of fused-ring (bicyclic) bond motifs is 2. The number of ketones is 1. The predicted molar refractivity (Wildman–Crippen MR) is 87.1 cm³/mol. The fraction of sp³-hybridized carbons (Fsp3) is 0. The maximum atomic E-state index is 12.7. The van der Waals surface area contributed by atoms with Crippen molar-refractivity contribution in [2.45, 2.75) is 0 Å². The second-order valence-corrected chi connectivity index (χ2v) is 6.62. The third-order valence-corrected chi connectivity index (χ3v) is 5.45. The highest BCUT2D eigenvalue weighted by molar-refractivity contribution is 7.21. The quantitative estimate of drug-likeness (QED) is 0.456. The van der Waals surface area contributed by atoms with Crippen LogP contribution in [0.3, 0.4) is 0 Å². The van der Waals surface area contributed by atoms with Crippen molar-refractivity contribution in [2.75, 3.05) is 0 Å². The first-order valence-electron chi connectivity index (χ1n) is 6.32. The zero-order valence-electron chi connectivity index (χ0n) is 10.5. The Balaban J connectivity index is 1.89. The Labute approximate surface area is 124 Å². The van der Waals surface area contributed by atoms with Gasteiger partial charge in [-0.3, -0.25) is 4.79 Å². The molecule has 3 heteroatoms. The largest absolute Gasteiger partial charge is 0.288 e. The van der Waals surface area contributed by atoms with E-state index in [1.807, 2.05) is 47.8 Å². The van der Waals surface area contributed by atoms with Crippen LogP contribution in [0.1, 0.15) is 15.2 Å². The Kier molecular flexibility index (Phi) is 2.69. The zero-order valence-corrected chi connectivity index (χ0v) is 12.1. The van der Waals surface area contributed by atoms with Crippen LogP contribution in [-0.4, -0.2) is 5.78 Å². The summed E-state index contributed by atoms with van der Waals surface area (Å²) >= 11 is 3.19. The van der Waals surface area contributed by atoms with E-state index < -0.39 is 0 Å². The van der Waals surface area contributed by atoms with E-state index in [-0.39, 0.29) is 5.78 Å². The summed E-state index contributed by atoms with van der Waals surface area (Å²) in [6, 6.07) is 18.1. The first kappa shape index (κ1) is 11.8. The SMILES string of the molecule is O=C(c1cc2ccccc2s1)c1cccc2ccsc12. The Morgan fingerprint density at radius 1 is 0.900 bits per heavy atom. The molecule has 0 unspecified atom stereocenters. The molecule has 2 heterocycles. The van der Waals surface area contributed by atoms with Gasteiger partial charge in [-0.15, -0.1) is 22.7 Å². The van der Waals surface area contributed by atoms with Crippen LogP contribution in [0.4, 0.5) is 0 Å². The molecule has 0 saturated heterocycles. The summed E-state index contributed by atoms with van der Waals surface area (Å²) in [5, 5.41) is 4.31. The van der Waals surface area contributed by atoms with Crippen LogP contribution >= 0.6 is 22.7 Å². The maximum Gasteiger partial charge on any atom is 0.204 e. The highest BCUT2D eigenvalue weighted by atomic mass is 32.1. The summed E-state index contributed by atoms with van der Waals surface area (Å²) in [6.07, 6.45) is 0. The molecular weight excluding hydrogens is 284 g/mol. The van der Waals surface area contributed by atoms with Gasteiger partial charge >= 0.3 is 0 Å². The smallest absolute Gasteiger partial charge is 0.204 e. The third-order valence-electron chi connectivity index (χ3n) is 3.37. The molecule has 0 atom stereocenters. The molecule has 2 aromatic carbocycles. The fourth-order valence-corrected chi connectivity index (χ4v) is 4.33. The Morgan fingerprint density at radius 2 is 1.75 bits per heavy atom. The van der Waals surface area contributed by atoms with Crippen molar-refractivity contribution >= 4 is 48.6 Å². The lowest BCUT2D eigenvalue weighted by molar-refractivity contribution is 0.104. The van der Waals surface area contributed by atoms with Gasteiger partial charge in [-0.25, -0.2) is 0 Å². The number of benzene rings is 2. The Hall–Kier alpha value is -1.97. The summed E-state index contributed by atoms with van der Waals surface area (Å²) in [5.74, 6) is 0.124. The monoisotopic (exact) mass is 294 g/mol.